The first-order chi connectivity index (χ1) is 14.3. The van der Waals surface area contributed by atoms with Crippen molar-refractivity contribution in [2.24, 2.45) is 0 Å². The number of rotatable bonds is 6. The molecule has 0 radical (unpaired) electrons. The molecule has 0 unspecified atom stereocenters. The average molecular weight is 463 g/mol. The molecule has 2 saturated heterocycles. The van der Waals surface area contributed by atoms with E-state index < -0.39 is 34.2 Å². The lowest BCUT2D eigenvalue weighted by molar-refractivity contribution is -0.134. The van der Waals surface area contributed by atoms with Crippen molar-refractivity contribution in [3.8, 4) is 6.07 Å². The zero-order valence-electron chi connectivity index (χ0n) is 17.3. The average Bonchev–Trinajstić information content (AvgIpc) is 3.05. The van der Waals surface area contributed by atoms with Gasteiger partial charge in [-0.15, -0.1) is 0 Å². The van der Waals surface area contributed by atoms with Gasteiger partial charge in [0.1, 0.15) is 12.2 Å². The van der Waals surface area contributed by atoms with Crippen molar-refractivity contribution in [3.05, 3.63) is 12.2 Å². The number of amides is 1. The van der Waals surface area contributed by atoms with Crippen LogP contribution in [0.3, 0.4) is 0 Å². The lowest BCUT2D eigenvalue weighted by atomic mass is 9.90. The van der Waals surface area contributed by atoms with Crippen molar-refractivity contribution in [2.45, 2.75) is 43.9 Å². The number of hydrogen-bond acceptors (Lipinski definition) is 7. The molecule has 2 heterocycles. The fraction of sp³-hybridized carbons (Fsp3) is 0.667. The summed E-state index contributed by atoms with van der Waals surface area (Å²) in [6, 6.07) is 1.26. The van der Waals surface area contributed by atoms with Gasteiger partial charge in [-0.3, -0.25) is 4.79 Å². The molecule has 2 aliphatic rings. The van der Waals surface area contributed by atoms with Crippen LogP contribution in [0.1, 0.15) is 26.2 Å². The summed E-state index contributed by atoms with van der Waals surface area (Å²) in [5.74, 6) is -2.80. The van der Waals surface area contributed by atoms with Gasteiger partial charge in [-0.25, -0.2) is 26.7 Å². The van der Waals surface area contributed by atoms with E-state index in [1.165, 1.54) is 15.5 Å². The van der Waals surface area contributed by atoms with Crippen molar-refractivity contribution in [1.82, 2.24) is 14.5 Å². The van der Waals surface area contributed by atoms with Gasteiger partial charge < -0.3 is 20.4 Å². The van der Waals surface area contributed by atoms with E-state index in [0.29, 0.717) is 38.1 Å². The lowest BCUT2D eigenvalue weighted by Crippen LogP contribution is -2.55. The van der Waals surface area contributed by atoms with Crippen molar-refractivity contribution >= 4 is 27.9 Å². The third-order valence-corrected chi connectivity index (χ3v) is 6.35. The highest BCUT2D eigenvalue weighted by Crippen LogP contribution is 2.24. The predicted molar refractivity (Wildman–Crippen MR) is 107 cm³/mol. The zero-order chi connectivity index (χ0) is 23.8. The van der Waals surface area contributed by atoms with Gasteiger partial charge in [0.15, 0.2) is 0 Å². The van der Waals surface area contributed by atoms with E-state index in [9.17, 15) is 27.2 Å². The molecule has 2 atom stereocenters. The predicted octanol–water partition coefficient (Wildman–Crippen LogP) is -0.436. The number of nitriles is 1. The first-order valence-corrected chi connectivity index (χ1v) is 11.3. The largest absolute Gasteiger partial charge is 0.478 e. The Labute approximate surface area is 180 Å². The van der Waals surface area contributed by atoms with Crippen LogP contribution < -0.4 is 5.32 Å². The minimum absolute atomic E-state index is 0.0281. The van der Waals surface area contributed by atoms with Crippen LogP contribution in [0.5, 0.6) is 0 Å². The SMILES string of the molecule is CC1(NCC(=O)N2C[C@@H](F)C[C@H]2C#N)CCN(S(C)(=O)=O)CC1.O=C(O)C=CC(=O)O. The minimum Gasteiger partial charge on any atom is -0.478 e. The molecule has 31 heavy (non-hydrogen) atoms. The van der Waals surface area contributed by atoms with E-state index in [0.717, 1.165) is 0 Å². The summed E-state index contributed by atoms with van der Waals surface area (Å²) >= 11 is 0. The Morgan fingerprint density at radius 2 is 1.74 bits per heavy atom. The number of carbonyl (C=O) groups excluding carboxylic acids is 1. The molecule has 2 rings (SSSR count). The number of carboxylic acids is 2. The fourth-order valence-electron chi connectivity index (χ4n) is 3.20. The Bertz CT molecular complexity index is 831. The molecule has 2 aliphatic heterocycles. The summed E-state index contributed by atoms with van der Waals surface area (Å²) in [6.07, 6.45) is 2.43. The van der Waals surface area contributed by atoms with Crippen LogP contribution in [-0.4, -0.2) is 95.9 Å². The molecule has 0 aromatic rings. The smallest absolute Gasteiger partial charge is 0.328 e. The second-order valence-corrected chi connectivity index (χ2v) is 9.59. The van der Waals surface area contributed by atoms with Crippen molar-refractivity contribution in [1.29, 1.82) is 5.26 Å². The summed E-state index contributed by atoms with van der Waals surface area (Å²) < 4.78 is 37.8. The summed E-state index contributed by atoms with van der Waals surface area (Å²) in [4.78, 5) is 32.6. The third-order valence-electron chi connectivity index (χ3n) is 5.05. The van der Waals surface area contributed by atoms with Crippen LogP contribution >= 0.6 is 0 Å². The second-order valence-electron chi connectivity index (χ2n) is 7.61. The normalized spacial score (nSPS) is 23.6. The van der Waals surface area contributed by atoms with Crippen LogP contribution in [-0.2, 0) is 24.4 Å². The van der Waals surface area contributed by atoms with Crippen LogP contribution in [0.2, 0.25) is 0 Å². The van der Waals surface area contributed by atoms with E-state index in [-0.39, 0.29) is 31.0 Å². The summed E-state index contributed by atoms with van der Waals surface area (Å²) in [7, 11) is -3.18. The molecule has 0 saturated carbocycles. The van der Waals surface area contributed by atoms with Gasteiger partial charge in [-0.05, 0) is 19.8 Å². The van der Waals surface area contributed by atoms with E-state index in [2.05, 4.69) is 5.32 Å². The van der Waals surface area contributed by atoms with E-state index >= 15 is 0 Å². The van der Waals surface area contributed by atoms with Gasteiger partial charge in [0.25, 0.3) is 0 Å². The van der Waals surface area contributed by atoms with E-state index in [1.54, 1.807) is 0 Å². The van der Waals surface area contributed by atoms with Crippen LogP contribution in [0, 0.1) is 11.3 Å². The molecule has 0 aromatic heterocycles. The van der Waals surface area contributed by atoms with Gasteiger partial charge in [0, 0.05) is 37.2 Å². The molecule has 11 nitrogen and oxygen atoms in total. The number of carboxylic acid groups (broad SMARTS) is 2. The number of alkyl halides is 1. The van der Waals surface area contributed by atoms with E-state index in [1.807, 2.05) is 13.0 Å². The molecule has 0 aromatic carbocycles. The van der Waals surface area contributed by atoms with Crippen LogP contribution in [0.4, 0.5) is 4.39 Å². The zero-order valence-corrected chi connectivity index (χ0v) is 18.1. The first-order valence-electron chi connectivity index (χ1n) is 9.44. The molecule has 0 aliphatic carbocycles. The quantitative estimate of drug-likeness (QED) is 0.443. The maximum atomic E-state index is 13.4. The van der Waals surface area contributed by atoms with Gasteiger partial charge in [0.2, 0.25) is 15.9 Å². The highest BCUT2D eigenvalue weighted by Gasteiger charge is 2.37. The number of hydrogen-bond donors (Lipinski definition) is 3. The number of carbonyl (C=O) groups is 3. The Balaban J connectivity index is 0.000000512. The topological polar surface area (TPSA) is 168 Å². The molecule has 13 heteroatoms. The second kappa shape index (κ2) is 11.2. The number of halogens is 1. The summed E-state index contributed by atoms with van der Waals surface area (Å²) in [6.45, 7) is 2.77. The number of nitrogens with one attached hydrogen (secondary N) is 1. The lowest BCUT2D eigenvalue weighted by Gasteiger charge is -2.39. The highest BCUT2D eigenvalue weighted by molar-refractivity contribution is 7.88. The number of likely N-dealkylation sites (tertiary alicyclic amines) is 1. The van der Waals surface area contributed by atoms with Crippen LogP contribution in [0.25, 0.3) is 0 Å². The van der Waals surface area contributed by atoms with Crippen LogP contribution in [0.15, 0.2) is 12.2 Å². The monoisotopic (exact) mass is 462 g/mol. The Morgan fingerprint density at radius 1 is 1.23 bits per heavy atom. The minimum atomic E-state index is -3.18. The van der Waals surface area contributed by atoms with Crippen molar-refractivity contribution in [2.75, 3.05) is 32.4 Å². The first kappa shape index (κ1) is 26.5. The van der Waals surface area contributed by atoms with Gasteiger partial charge in [-0.2, -0.15) is 5.26 Å². The fourth-order valence-corrected chi connectivity index (χ4v) is 4.05. The molecule has 0 spiro atoms. The molecule has 174 valence electrons. The maximum absolute atomic E-state index is 13.4. The molecule has 2 fully saturated rings. The van der Waals surface area contributed by atoms with Gasteiger partial charge >= 0.3 is 11.9 Å². The number of nitrogens with zero attached hydrogens (tertiary/aromatic N) is 3. The standard InChI is InChI=1S/C14H23FN4O3S.C4H4O4/c1-14(3-5-18(6-4-14)23(2,21)22)17-9-13(20)19-10-11(15)7-12(19)8-16;5-3(6)1-2-4(7)8/h11-12,17H,3-7,9-10H2,1-2H3;1-2H,(H,5,6)(H,7,8)/t11-,12-;/m0./s1. The highest BCUT2D eigenvalue weighted by atomic mass is 32.2. The molecule has 0 bridgehead atoms. The van der Waals surface area contributed by atoms with E-state index in [4.69, 9.17) is 15.5 Å². The van der Waals surface area contributed by atoms with Crippen molar-refractivity contribution < 1.29 is 37.4 Å². The molecular weight excluding hydrogens is 435 g/mol. The molecule has 1 amide bonds. The number of sulfonamides is 1. The van der Waals surface area contributed by atoms with Gasteiger partial charge in [-0.1, -0.05) is 0 Å². The maximum Gasteiger partial charge on any atom is 0.328 e. The Morgan fingerprint density at radius 3 is 2.16 bits per heavy atom. The summed E-state index contributed by atoms with van der Waals surface area (Å²) in [5.41, 5.74) is -0.339. The Hall–Kier alpha value is -2.56. The Kier molecular flexibility index (Phi) is 9.54. The number of aliphatic carboxylic acids is 2. The molecular formula is C18H27FN4O7S. The number of piperidine rings is 1. The van der Waals surface area contributed by atoms with Gasteiger partial charge in [0.05, 0.1) is 25.4 Å². The third kappa shape index (κ3) is 8.99. The molecule has 3 N–H and O–H groups in total. The van der Waals surface area contributed by atoms with Crippen molar-refractivity contribution in [3.63, 3.8) is 0 Å². The summed E-state index contributed by atoms with van der Waals surface area (Å²) in [5, 5.41) is 27.8.